The molecule has 7 aromatic carbocycles. The Morgan fingerprint density at radius 1 is 0.597 bits per heavy atom. The molecule has 0 amide bonds. The summed E-state index contributed by atoms with van der Waals surface area (Å²) in [5, 5.41) is 12.3. The number of fused-ring (bicyclic) bond motifs is 1. The number of imidazole rings is 1. The Morgan fingerprint density at radius 2 is 1.32 bits per heavy atom. The molecule has 0 aliphatic rings. The summed E-state index contributed by atoms with van der Waals surface area (Å²) in [7, 11) is 0. The first kappa shape index (κ1) is 32.4. The van der Waals surface area contributed by atoms with Gasteiger partial charge in [0.2, 0.25) is 0 Å². The van der Waals surface area contributed by atoms with Gasteiger partial charge in [-0.05, 0) is 113 Å². The van der Waals surface area contributed by atoms with Gasteiger partial charge in [-0.3, -0.25) is 9.55 Å². The monoisotopic (exact) mass is 996 g/mol. The van der Waals surface area contributed by atoms with Crippen LogP contribution < -0.4 is 0 Å². The Labute approximate surface area is 392 Å². The van der Waals surface area contributed by atoms with Gasteiger partial charge in [0.1, 0.15) is 11.6 Å². The van der Waals surface area contributed by atoms with Crippen LogP contribution in [-0.2, 0) is 21.1 Å². The zero-order chi connectivity index (χ0) is 49.9. The van der Waals surface area contributed by atoms with Gasteiger partial charge in [-0.2, -0.15) is 0 Å². The van der Waals surface area contributed by atoms with Crippen LogP contribution in [0.5, 0.6) is 5.75 Å². The molecule has 2 heterocycles. The van der Waals surface area contributed by atoms with E-state index in [1.165, 1.54) is 6.07 Å². The van der Waals surface area contributed by atoms with Crippen molar-refractivity contribution in [3.63, 3.8) is 0 Å². The number of aryl methyl sites for hydroxylation is 2. The SMILES string of the molecule is [2H]C([2H])([2H])c1ccc(-c2ccnc(-c3[c-]c(-c4cccc5c4nc(-c4cc(C(C)C)cc(C(C)C)c4O)n5-c4cc(-c5ccccc5)c(C([2H])([2H])[2H])c(C([2H])([2H])[2H])c4)cc(-c4ccccc4)c3)c2)cc1.[Pt]. The van der Waals surface area contributed by atoms with Crippen molar-refractivity contribution in [2.75, 3.05) is 0 Å². The van der Waals surface area contributed by atoms with E-state index >= 15 is 0 Å². The molecule has 0 aliphatic carbocycles. The molecule has 9 aromatic rings. The number of para-hydroxylation sites is 1. The summed E-state index contributed by atoms with van der Waals surface area (Å²) in [6.07, 6.45) is 1.72. The van der Waals surface area contributed by atoms with Gasteiger partial charge in [-0.15, -0.1) is 23.8 Å². The average molecular weight is 997 g/mol. The van der Waals surface area contributed by atoms with Gasteiger partial charge in [0.05, 0.1) is 16.6 Å². The van der Waals surface area contributed by atoms with Crippen molar-refractivity contribution in [1.29, 1.82) is 0 Å². The van der Waals surface area contributed by atoms with Crippen LogP contribution in [0.1, 0.15) is 79.7 Å². The number of benzene rings is 7. The maximum atomic E-state index is 12.3. The molecule has 0 spiro atoms. The van der Waals surface area contributed by atoms with Gasteiger partial charge >= 0.3 is 0 Å². The number of pyridine rings is 1. The summed E-state index contributed by atoms with van der Waals surface area (Å²) in [6, 6.07) is 50.1. The molecule has 0 aliphatic heterocycles. The second-order valence-electron chi connectivity index (χ2n) is 16.1. The fourth-order valence-corrected chi connectivity index (χ4v) is 8.05. The maximum Gasteiger partial charge on any atom is 0.148 e. The van der Waals surface area contributed by atoms with Gasteiger partial charge < -0.3 is 5.11 Å². The zero-order valence-electron chi connectivity index (χ0n) is 43.8. The Kier molecular flexibility index (Phi) is 9.17. The van der Waals surface area contributed by atoms with Gasteiger partial charge in [0, 0.05) is 51.0 Å². The Balaban J connectivity index is 0.00000676. The number of phenols is 1. The minimum absolute atomic E-state index is 0. The van der Waals surface area contributed by atoms with Crippen LogP contribution in [0.4, 0.5) is 0 Å². The first-order valence-electron chi connectivity index (χ1n) is 25.0. The first-order chi connectivity index (χ1) is 33.2. The zero-order valence-corrected chi connectivity index (χ0v) is 37.0. The fourth-order valence-electron chi connectivity index (χ4n) is 8.05. The molecular formula is C57H50N3OPt-. The second-order valence-corrected chi connectivity index (χ2v) is 16.1. The van der Waals surface area contributed by atoms with E-state index in [0.29, 0.717) is 56.1 Å². The van der Waals surface area contributed by atoms with E-state index in [2.05, 4.69) is 19.9 Å². The predicted molar refractivity (Wildman–Crippen MR) is 254 cm³/mol. The second kappa shape index (κ2) is 17.6. The van der Waals surface area contributed by atoms with Gasteiger partial charge in [0.25, 0.3) is 0 Å². The molecule has 310 valence electrons. The molecule has 0 fully saturated rings. The van der Waals surface area contributed by atoms with Gasteiger partial charge in [-0.1, -0.05) is 159 Å². The average Bonchev–Trinajstić information content (AvgIpc) is 3.73. The molecule has 0 atom stereocenters. The summed E-state index contributed by atoms with van der Waals surface area (Å²) >= 11 is 0. The summed E-state index contributed by atoms with van der Waals surface area (Å²) in [4.78, 5) is 10.2. The number of hydrogen-bond acceptors (Lipinski definition) is 3. The fraction of sp³-hybridized carbons (Fsp3) is 0.158. The molecule has 0 radical (unpaired) electrons. The third kappa shape index (κ3) is 8.08. The van der Waals surface area contributed by atoms with Crippen LogP contribution in [0.3, 0.4) is 0 Å². The number of nitrogens with zero attached hydrogens (tertiary/aromatic N) is 3. The van der Waals surface area contributed by atoms with Crippen LogP contribution >= 0.6 is 0 Å². The van der Waals surface area contributed by atoms with Crippen LogP contribution in [-0.4, -0.2) is 19.6 Å². The number of hydrogen-bond donors (Lipinski definition) is 1. The summed E-state index contributed by atoms with van der Waals surface area (Å²) in [6.45, 7) is 0.350. The molecule has 0 saturated carbocycles. The van der Waals surface area contributed by atoms with E-state index in [9.17, 15) is 5.11 Å². The van der Waals surface area contributed by atoms with Crippen LogP contribution in [0.25, 0.3) is 83.9 Å². The molecule has 0 unspecified atom stereocenters. The van der Waals surface area contributed by atoms with E-state index < -0.39 is 20.6 Å². The molecule has 0 saturated heterocycles. The number of phenolic OH excluding ortho intramolecular Hbond substituents is 1. The van der Waals surface area contributed by atoms with E-state index in [1.807, 2.05) is 109 Å². The Bertz CT molecular complexity index is 3400. The molecule has 4 nitrogen and oxygen atoms in total. The predicted octanol–water partition coefficient (Wildman–Crippen LogP) is 15.1. The summed E-state index contributed by atoms with van der Waals surface area (Å²) in [5.41, 5.74) is 10.2. The van der Waals surface area contributed by atoms with E-state index in [0.717, 1.165) is 33.4 Å². The summed E-state index contributed by atoms with van der Waals surface area (Å²) in [5.74, 6) is 0.380. The van der Waals surface area contributed by atoms with E-state index in [-0.39, 0.29) is 60.9 Å². The van der Waals surface area contributed by atoms with Crippen molar-refractivity contribution < 1.29 is 38.5 Å². The maximum absolute atomic E-state index is 12.3. The minimum atomic E-state index is -2.83. The Morgan fingerprint density at radius 3 is 2.02 bits per heavy atom. The summed E-state index contributed by atoms with van der Waals surface area (Å²) < 4.78 is 77.6. The minimum Gasteiger partial charge on any atom is -0.507 e. The molecule has 0 bridgehead atoms. The topological polar surface area (TPSA) is 50.9 Å². The third-order valence-corrected chi connectivity index (χ3v) is 11.4. The standard InChI is InChI=1S/C57H50N3O.Pt/c1-35(2)44-31-50(36(3)4)56(61)52(32-44)57-59-55-49(19-14-20-54(55)60(57)48-27-38(6)39(7)51(34-48)42-17-12-9-13-18-42)46-28-45(40-15-10-8-11-16-40)29-47(30-46)53-33-43(25-26-58-53)41-23-21-37(5)22-24-41;/h8-29,31-36,61H,1-7H3;/q-1;/i5D3,6D3,7D3;. The van der Waals surface area contributed by atoms with Crippen molar-refractivity contribution in [3.05, 3.63) is 192 Å². The molecule has 2 aromatic heterocycles. The smallest absolute Gasteiger partial charge is 0.148 e. The third-order valence-electron chi connectivity index (χ3n) is 11.4. The van der Waals surface area contributed by atoms with E-state index in [1.54, 1.807) is 60.8 Å². The first-order valence-corrected chi connectivity index (χ1v) is 20.5. The molecule has 62 heavy (non-hydrogen) atoms. The van der Waals surface area contributed by atoms with Gasteiger partial charge in [0.15, 0.2) is 0 Å². The van der Waals surface area contributed by atoms with Crippen molar-refractivity contribution in [2.45, 2.75) is 60.1 Å². The van der Waals surface area contributed by atoms with Crippen LogP contribution in [0, 0.1) is 26.6 Å². The van der Waals surface area contributed by atoms with Crippen molar-refractivity contribution in [2.24, 2.45) is 0 Å². The van der Waals surface area contributed by atoms with Crippen molar-refractivity contribution in [3.8, 4) is 78.6 Å². The molecule has 1 N–H and O–H groups in total. The van der Waals surface area contributed by atoms with E-state index in [4.69, 9.17) is 22.3 Å². The largest absolute Gasteiger partial charge is 0.507 e. The molecule has 5 heteroatoms. The number of aromatic hydroxyl groups is 1. The number of aromatic nitrogens is 3. The molecule has 9 rings (SSSR count). The quantitative estimate of drug-likeness (QED) is 0.147. The number of rotatable bonds is 9. The van der Waals surface area contributed by atoms with Crippen molar-refractivity contribution >= 4 is 11.0 Å². The normalized spacial score (nSPS) is 14.1. The molecular weight excluding hydrogens is 938 g/mol. The Hall–Kier alpha value is -6.35. The van der Waals surface area contributed by atoms with Crippen LogP contribution in [0.15, 0.2) is 158 Å². The van der Waals surface area contributed by atoms with Crippen LogP contribution in [0.2, 0.25) is 0 Å². The van der Waals surface area contributed by atoms with Crippen molar-refractivity contribution in [1.82, 2.24) is 14.5 Å². The van der Waals surface area contributed by atoms with Gasteiger partial charge in [-0.25, -0.2) is 4.98 Å².